The number of thiazole rings is 1. The van der Waals surface area contributed by atoms with E-state index >= 15 is 0 Å². The molecule has 1 heterocycles. The smallest absolute Gasteiger partial charge is 0.251 e. The van der Waals surface area contributed by atoms with Gasteiger partial charge in [0.05, 0.1) is 5.69 Å². The van der Waals surface area contributed by atoms with Crippen LogP contribution in [0.5, 0.6) is 0 Å². The summed E-state index contributed by atoms with van der Waals surface area (Å²) in [7, 11) is 0. The fourth-order valence-electron chi connectivity index (χ4n) is 3.77. The second kappa shape index (κ2) is 14.0. The summed E-state index contributed by atoms with van der Waals surface area (Å²) in [6, 6.07) is 22.2. The van der Waals surface area contributed by atoms with Crippen molar-refractivity contribution in [2.24, 2.45) is 5.73 Å². The van der Waals surface area contributed by atoms with Crippen LogP contribution in [0.15, 0.2) is 78.2 Å². The van der Waals surface area contributed by atoms with E-state index in [-0.39, 0.29) is 25.3 Å². The fourth-order valence-corrected chi connectivity index (χ4v) is 4.97. The van der Waals surface area contributed by atoms with Crippen LogP contribution in [0.3, 0.4) is 0 Å². The molecule has 0 spiro atoms. The number of nitrogens with zero attached hydrogens (tertiary/aromatic N) is 1. The summed E-state index contributed by atoms with van der Waals surface area (Å²) in [5, 5.41) is 8.11. The molecule has 1 aromatic heterocycles. The molecule has 0 bridgehead atoms. The summed E-state index contributed by atoms with van der Waals surface area (Å²) in [6.07, 6.45) is 2.46. The lowest BCUT2D eigenvalue weighted by Crippen LogP contribution is -2.44. The average molecular weight is 566 g/mol. The van der Waals surface area contributed by atoms with Crippen LogP contribution >= 0.6 is 36.6 Å². The highest BCUT2D eigenvalue weighted by molar-refractivity contribution is 7.98. The van der Waals surface area contributed by atoms with Crippen LogP contribution in [0.2, 0.25) is 0 Å². The van der Waals surface area contributed by atoms with E-state index in [1.807, 2.05) is 42.0 Å². The molecule has 0 aliphatic carbocycles. The first-order valence-electron chi connectivity index (χ1n) is 11.8. The summed E-state index contributed by atoms with van der Waals surface area (Å²) < 4.78 is 0. The van der Waals surface area contributed by atoms with Gasteiger partial charge in [-0.3, -0.25) is 9.59 Å². The number of anilines is 2. The van der Waals surface area contributed by atoms with E-state index in [0.29, 0.717) is 29.3 Å². The minimum atomic E-state index is -0.692. The monoisotopic (exact) mass is 565 g/mol. The molecule has 0 aliphatic heterocycles. The Labute approximate surface area is 237 Å². The lowest BCUT2D eigenvalue weighted by molar-refractivity contribution is -0.118. The zero-order chi connectivity index (χ0) is 26.2. The topological polar surface area (TPSA) is 123 Å². The van der Waals surface area contributed by atoms with Crippen molar-refractivity contribution in [3.8, 4) is 22.4 Å². The van der Waals surface area contributed by atoms with Gasteiger partial charge < -0.3 is 22.1 Å². The normalized spacial score (nSPS) is 11.3. The van der Waals surface area contributed by atoms with Gasteiger partial charge in [-0.15, -0.1) is 11.3 Å². The van der Waals surface area contributed by atoms with Crippen molar-refractivity contribution < 1.29 is 9.59 Å². The number of carbonyl (C=O) groups excluding carboxylic acids is 2. The molecular formula is C28H31N5O2S3. The van der Waals surface area contributed by atoms with E-state index in [2.05, 4.69) is 33.8 Å². The summed E-state index contributed by atoms with van der Waals surface area (Å²) >= 11 is 2.96. The highest BCUT2D eigenvalue weighted by Crippen LogP contribution is 2.29. The van der Waals surface area contributed by atoms with Crippen LogP contribution in [0.1, 0.15) is 22.3 Å². The molecule has 0 fully saturated rings. The number of amides is 2. The molecule has 0 aliphatic rings. The van der Waals surface area contributed by atoms with Crippen LogP contribution in [-0.4, -0.2) is 34.8 Å². The Morgan fingerprint density at radius 3 is 2.39 bits per heavy atom. The number of benzene rings is 3. The average Bonchev–Trinajstić information content (AvgIpc) is 3.39. The first kappa shape index (κ1) is 29.2. The minimum absolute atomic E-state index is 0. The fraction of sp³-hybridized carbons (Fsp3) is 0.179. The third kappa shape index (κ3) is 7.61. The molecule has 1 atom stereocenters. The van der Waals surface area contributed by atoms with E-state index in [4.69, 9.17) is 11.5 Å². The Hall–Kier alpha value is -3.31. The van der Waals surface area contributed by atoms with Crippen molar-refractivity contribution in [1.82, 2.24) is 10.3 Å². The zero-order valence-electron chi connectivity index (χ0n) is 20.9. The molecule has 4 aromatic rings. The van der Waals surface area contributed by atoms with Crippen molar-refractivity contribution >= 4 is 59.2 Å². The number of aromatic nitrogens is 1. The van der Waals surface area contributed by atoms with Crippen molar-refractivity contribution in [1.29, 1.82) is 0 Å². The van der Waals surface area contributed by atoms with E-state index in [1.54, 1.807) is 36.0 Å². The maximum absolute atomic E-state index is 13.1. The second-order valence-electron chi connectivity index (χ2n) is 8.44. The van der Waals surface area contributed by atoms with E-state index in [1.165, 1.54) is 11.3 Å². The molecule has 6 N–H and O–H groups in total. The van der Waals surface area contributed by atoms with Crippen LogP contribution in [0.25, 0.3) is 22.4 Å². The Morgan fingerprint density at radius 1 is 1.00 bits per heavy atom. The van der Waals surface area contributed by atoms with Gasteiger partial charge >= 0.3 is 0 Å². The maximum Gasteiger partial charge on any atom is 0.251 e. The molecule has 38 heavy (non-hydrogen) atoms. The molecule has 0 radical (unpaired) electrons. The highest BCUT2D eigenvalue weighted by Gasteiger charge is 2.22. The van der Waals surface area contributed by atoms with Gasteiger partial charge in [-0.05, 0) is 71.5 Å². The Balaban J connectivity index is 0.00000400. The van der Waals surface area contributed by atoms with E-state index in [9.17, 15) is 9.59 Å². The molecule has 10 heteroatoms. The predicted molar refractivity (Wildman–Crippen MR) is 165 cm³/mol. The summed E-state index contributed by atoms with van der Waals surface area (Å²) in [6.45, 7) is 0.487. The largest absolute Gasteiger partial charge is 0.399 e. The third-order valence-corrected chi connectivity index (χ3v) is 7.20. The summed E-state index contributed by atoms with van der Waals surface area (Å²) in [5.74, 6) is 0.101. The van der Waals surface area contributed by atoms with Gasteiger partial charge in [-0.1, -0.05) is 36.4 Å². The quantitative estimate of drug-likeness (QED) is 0.198. The van der Waals surface area contributed by atoms with Gasteiger partial charge in [0.1, 0.15) is 6.04 Å². The van der Waals surface area contributed by atoms with Gasteiger partial charge in [0.25, 0.3) is 5.91 Å². The highest BCUT2D eigenvalue weighted by atomic mass is 32.2. The van der Waals surface area contributed by atoms with Crippen LogP contribution < -0.4 is 22.1 Å². The first-order chi connectivity index (χ1) is 18.0. The molecule has 4 rings (SSSR count). The van der Waals surface area contributed by atoms with Gasteiger partial charge in [-0.25, -0.2) is 4.98 Å². The lowest BCUT2D eigenvalue weighted by Gasteiger charge is -2.17. The molecule has 7 nitrogen and oxygen atoms in total. The number of thioether (sulfide) groups is 1. The first-order valence-corrected chi connectivity index (χ1v) is 14.1. The molecule has 198 valence electrons. The lowest BCUT2D eigenvalue weighted by atomic mass is 10.0. The molecule has 0 saturated carbocycles. The standard InChI is InChI=1S/C28H29N5O2S2.H2S/c1-36-13-12-24(31-26(34)19-8-10-23(30)11-9-19)27(35)33-28-32-25(17-37-28)22-7-3-6-21(15-22)20-5-2-4-18(14-20)16-29;/h2-11,14-15,17,24H,12-13,16,29-30H2,1H3,(H,31,34)(H,32,33,35);1H2/t24-;/m0./s1. The Bertz CT molecular complexity index is 1370. The number of nitrogens with one attached hydrogen (secondary N) is 2. The molecule has 0 unspecified atom stereocenters. The van der Waals surface area contributed by atoms with Crippen molar-refractivity contribution in [3.05, 3.63) is 89.3 Å². The van der Waals surface area contributed by atoms with Crippen LogP contribution in [0, 0.1) is 0 Å². The number of hydrogen-bond acceptors (Lipinski definition) is 7. The van der Waals surface area contributed by atoms with Crippen LogP contribution in [-0.2, 0) is 11.3 Å². The number of nitrogen functional groups attached to an aromatic ring is 1. The number of nitrogens with two attached hydrogens (primary N) is 2. The zero-order valence-corrected chi connectivity index (χ0v) is 23.6. The SMILES string of the molecule is CSCC[C@H](NC(=O)c1ccc(N)cc1)C(=O)Nc1nc(-c2cccc(-c3cccc(CN)c3)c2)cs1.S. The summed E-state index contributed by atoms with van der Waals surface area (Å²) in [5.41, 5.74) is 17.5. The summed E-state index contributed by atoms with van der Waals surface area (Å²) in [4.78, 5) is 30.4. The number of carbonyl (C=O) groups is 2. The molecular weight excluding hydrogens is 535 g/mol. The van der Waals surface area contributed by atoms with Crippen molar-refractivity contribution in [2.45, 2.75) is 19.0 Å². The number of hydrogen-bond donors (Lipinski definition) is 4. The van der Waals surface area contributed by atoms with Crippen molar-refractivity contribution in [3.63, 3.8) is 0 Å². The minimum Gasteiger partial charge on any atom is -0.399 e. The van der Waals surface area contributed by atoms with Gasteiger partial charge in [0.2, 0.25) is 5.91 Å². The van der Waals surface area contributed by atoms with Crippen LogP contribution in [0.4, 0.5) is 10.8 Å². The molecule has 0 saturated heterocycles. The third-order valence-electron chi connectivity index (χ3n) is 5.79. The van der Waals surface area contributed by atoms with Crippen molar-refractivity contribution in [2.75, 3.05) is 23.1 Å². The van der Waals surface area contributed by atoms with E-state index < -0.39 is 6.04 Å². The predicted octanol–water partition coefficient (Wildman–Crippen LogP) is 5.12. The second-order valence-corrected chi connectivity index (χ2v) is 10.3. The number of rotatable bonds is 10. The van der Waals surface area contributed by atoms with E-state index in [0.717, 1.165) is 33.7 Å². The van der Waals surface area contributed by atoms with Gasteiger partial charge in [0.15, 0.2) is 5.13 Å². The molecule has 3 aromatic carbocycles. The Morgan fingerprint density at radius 2 is 1.68 bits per heavy atom. The molecule has 2 amide bonds. The maximum atomic E-state index is 13.1. The Kier molecular flexibility index (Phi) is 10.8. The van der Waals surface area contributed by atoms with Gasteiger partial charge in [-0.2, -0.15) is 25.3 Å². The van der Waals surface area contributed by atoms with Gasteiger partial charge in [0, 0.05) is 28.7 Å².